The van der Waals surface area contributed by atoms with Crippen LogP contribution in [0.1, 0.15) is 12.8 Å². The lowest BCUT2D eigenvalue weighted by molar-refractivity contribution is 0.587. The molecule has 0 spiro atoms. The van der Waals surface area contributed by atoms with E-state index in [0.29, 0.717) is 22.9 Å². The number of nitrogens with one attached hydrogen (secondary N) is 2. The van der Waals surface area contributed by atoms with Gasteiger partial charge in [0.2, 0.25) is 10.0 Å². The molecule has 0 aromatic heterocycles. The molecule has 8 heteroatoms. The Bertz CT molecular complexity index is 606. The quantitative estimate of drug-likeness (QED) is 0.702. The molecule has 2 rings (SSSR count). The van der Waals surface area contributed by atoms with Crippen molar-refractivity contribution in [3.8, 4) is 0 Å². The third kappa shape index (κ3) is 3.50. The fourth-order valence-electron chi connectivity index (χ4n) is 2.15. The Morgan fingerprint density at radius 1 is 1.30 bits per heavy atom. The molecule has 0 amide bonds. The lowest BCUT2D eigenvalue weighted by Crippen LogP contribution is -2.30. The van der Waals surface area contributed by atoms with Crippen LogP contribution in [-0.4, -0.2) is 37.2 Å². The number of sulfonamides is 1. The van der Waals surface area contributed by atoms with E-state index in [9.17, 15) is 12.6 Å². The zero-order valence-corrected chi connectivity index (χ0v) is 12.9. The second kappa shape index (κ2) is 6.11. The van der Waals surface area contributed by atoms with E-state index in [0.717, 1.165) is 12.8 Å². The first-order valence-electron chi connectivity index (χ1n) is 6.37. The Kier molecular flexibility index (Phi) is 4.66. The van der Waals surface area contributed by atoms with Crippen LogP contribution in [0.4, 0.5) is 11.4 Å². The number of anilines is 2. The van der Waals surface area contributed by atoms with Crippen molar-refractivity contribution in [2.24, 2.45) is 0 Å². The number of benzene rings is 1. The van der Waals surface area contributed by atoms with Crippen molar-refractivity contribution in [1.29, 1.82) is 0 Å². The zero-order chi connectivity index (χ0) is 14.8. The summed E-state index contributed by atoms with van der Waals surface area (Å²) in [4.78, 5) is 0.145. The molecule has 6 nitrogen and oxygen atoms in total. The average molecular weight is 317 g/mol. The molecule has 0 atom stereocenters. The molecule has 1 aliphatic heterocycles. The van der Waals surface area contributed by atoms with E-state index >= 15 is 0 Å². The highest BCUT2D eigenvalue weighted by atomic mass is 32.2. The number of rotatable bonds is 4. The van der Waals surface area contributed by atoms with Crippen LogP contribution in [0.15, 0.2) is 23.1 Å². The fraction of sp³-hybridized carbons (Fsp3) is 0.500. The van der Waals surface area contributed by atoms with Crippen molar-refractivity contribution >= 4 is 32.2 Å². The third-order valence-corrected chi connectivity index (χ3v) is 6.15. The van der Waals surface area contributed by atoms with Gasteiger partial charge in [0.15, 0.2) is 0 Å². The molecule has 1 saturated heterocycles. The summed E-state index contributed by atoms with van der Waals surface area (Å²) in [7, 11) is -2.94. The number of hydrogen-bond donors (Lipinski definition) is 3. The molecule has 0 unspecified atom stereocenters. The second-order valence-electron chi connectivity index (χ2n) is 4.73. The molecule has 0 bridgehead atoms. The van der Waals surface area contributed by atoms with E-state index in [4.69, 9.17) is 5.73 Å². The van der Waals surface area contributed by atoms with Gasteiger partial charge in [-0.2, -0.15) is 0 Å². The minimum absolute atomic E-state index is 0.141. The highest BCUT2D eigenvalue weighted by Crippen LogP contribution is 2.26. The molecule has 4 N–H and O–H groups in total. The summed E-state index contributed by atoms with van der Waals surface area (Å²) in [5.41, 5.74) is 6.60. The molecule has 0 saturated carbocycles. The van der Waals surface area contributed by atoms with Gasteiger partial charge < -0.3 is 11.1 Å². The van der Waals surface area contributed by atoms with Crippen LogP contribution in [0.25, 0.3) is 0 Å². The van der Waals surface area contributed by atoms with Gasteiger partial charge in [-0.05, 0) is 38.1 Å². The maximum atomic E-state index is 12.0. The summed E-state index contributed by atoms with van der Waals surface area (Å²) in [5, 5.41) is 3.23. The summed E-state index contributed by atoms with van der Waals surface area (Å²) < 4.78 is 37.7. The third-order valence-electron chi connectivity index (χ3n) is 3.31. The summed E-state index contributed by atoms with van der Waals surface area (Å²) in [6, 6.07) is 4.92. The molecule has 1 heterocycles. The van der Waals surface area contributed by atoms with Crippen molar-refractivity contribution in [2.75, 3.05) is 29.6 Å². The monoisotopic (exact) mass is 317 g/mol. The topological polar surface area (TPSA) is 101 Å². The van der Waals surface area contributed by atoms with E-state index in [1.807, 2.05) is 0 Å². The highest BCUT2D eigenvalue weighted by molar-refractivity contribution is 7.89. The summed E-state index contributed by atoms with van der Waals surface area (Å²) in [6.45, 7) is 0. The van der Waals surface area contributed by atoms with Crippen LogP contribution in [-0.2, 0) is 20.8 Å². The Morgan fingerprint density at radius 2 is 1.95 bits per heavy atom. The predicted molar refractivity (Wildman–Crippen MR) is 81.6 cm³/mol. The van der Waals surface area contributed by atoms with Crippen molar-refractivity contribution in [3.05, 3.63) is 18.2 Å². The minimum Gasteiger partial charge on any atom is -0.399 e. The molecular weight excluding hydrogens is 298 g/mol. The molecule has 112 valence electrons. The minimum atomic E-state index is -3.57. The molecular formula is C12H19N3O3S2. The van der Waals surface area contributed by atoms with Gasteiger partial charge in [-0.3, -0.25) is 4.21 Å². The van der Waals surface area contributed by atoms with Gasteiger partial charge in [-0.15, -0.1) is 0 Å². The molecule has 0 radical (unpaired) electrons. The predicted octanol–water partition coefficient (Wildman–Crippen LogP) is 0.500. The summed E-state index contributed by atoms with van der Waals surface area (Å²) in [5.74, 6) is 1.31. The van der Waals surface area contributed by atoms with Gasteiger partial charge in [0.25, 0.3) is 0 Å². The van der Waals surface area contributed by atoms with Gasteiger partial charge in [-0.25, -0.2) is 13.1 Å². The Balaban J connectivity index is 2.25. The number of nitrogen functional groups attached to an aromatic ring is 1. The lowest BCUT2D eigenvalue weighted by Gasteiger charge is -2.24. The standard InChI is InChI=1S/C12H19N3O3S2/c1-14-20(17,18)12-8-9(13)2-3-11(12)15-10-4-6-19(16)7-5-10/h2-3,8,10,14-15H,4-7,13H2,1H3. The number of nitrogens with two attached hydrogens (primary N) is 1. The van der Waals surface area contributed by atoms with Crippen LogP contribution in [0.3, 0.4) is 0 Å². The van der Waals surface area contributed by atoms with Crippen molar-refractivity contribution < 1.29 is 12.6 Å². The van der Waals surface area contributed by atoms with Crippen molar-refractivity contribution in [1.82, 2.24) is 4.72 Å². The van der Waals surface area contributed by atoms with E-state index in [1.54, 1.807) is 12.1 Å². The maximum absolute atomic E-state index is 12.0. The van der Waals surface area contributed by atoms with Gasteiger partial charge in [0, 0.05) is 34.0 Å². The van der Waals surface area contributed by atoms with Crippen molar-refractivity contribution in [2.45, 2.75) is 23.8 Å². The molecule has 1 aliphatic rings. The van der Waals surface area contributed by atoms with E-state index in [2.05, 4.69) is 10.0 Å². The molecule has 0 aliphatic carbocycles. The van der Waals surface area contributed by atoms with Crippen LogP contribution in [0.5, 0.6) is 0 Å². The van der Waals surface area contributed by atoms with E-state index < -0.39 is 20.8 Å². The van der Waals surface area contributed by atoms with Crippen LogP contribution in [0, 0.1) is 0 Å². The summed E-state index contributed by atoms with van der Waals surface area (Å²) >= 11 is 0. The van der Waals surface area contributed by atoms with Crippen molar-refractivity contribution in [3.63, 3.8) is 0 Å². The van der Waals surface area contributed by atoms with Gasteiger partial charge in [0.1, 0.15) is 4.90 Å². The summed E-state index contributed by atoms with van der Waals surface area (Å²) in [6.07, 6.45) is 1.55. The Labute approximate surface area is 121 Å². The van der Waals surface area contributed by atoms with Gasteiger partial charge in [0.05, 0.1) is 5.69 Å². The fourth-order valence-corrected chi connectivity index (χ4v) is 4.38. The van der Waals surface area contributed by atoms with Gasteiger partial charge >= 0.3 is 0 Å². The van der Waals surface area contributed by atoms with Crippen LogP contribution >= 0.6 is 0 Å². The van der Waals surface area contributed by atoms with Gasteiger partial charge in [-0.1, -0.05) is 0 Å². The van der Waals surface area contributed by atoms with Crippen LogP contribution < -0.4 is 15.8 Å². The largest absolute Gasteiger partial charge is 0.399 e. The second-order valence-corrected chi connectivity index (χ2v) is 8.28. The SMILES string of the molecule is CNS(=O)(=O)c1cc(N)ccc1NC1CCS(=O)CC1. The number of hydrogen-bond acceptors (Lipinski definition) is 5. The first kappa shape index (κ1) is 15.3. The first-order valence-corrected chi connectivity index (χ1v) is 9.34. The zero-order valence-electron chi connectivity index (χ0n) is 11.3. The maximum Gasteiger partial charge on any atom is 0.242 e. The first-order chi connectivity index (χ1) is 9.42. The molecule has 20 heavy (non-hydrogen) atoms. The molecule has 1 aromatic rings. The van der Waals surface area contributed by atoms with Crippen LogP contribution in [0.2, 0.25) is 0 Å². The lowest BCUT2D eigenvalue weighted by atomic mass is 10.1. The highest BCUT2D eigenvalue weighted by Gasteiger charge is 2.22. The average Bonchev–Trinajstić information content (AvgIpc) is 2.43. The molecule has 1 fully saturated rings. The Hall–Kier alpha value is -1.12. The smallest absolute Gasteiger partial charge is 0.242 e. The van der Waals surface area contributed by atoms with E-state index in [-0.39, 0.29) is 10.9 Å². The normalized spacial score (nSPS) is 23.4. The molecule has 1 aromatic carbocycles. The van der Waals surface area contributed by atoms with E-state index in [1.165, 1.54) is 13.1 Å². The Morgan fingerprint density at radius 3 is 2.55 bits per heavy atom.